The van der Waals surface area contributed by atoms with Gasteiger partial charge in [0.1, 0.15) is 5.75 Å². The molecule has 4 heteroatoms. The Bertz CT molecular complexity index is 707. The number of nitrogens with zero attached hydrogens (tertiary/aromatic N) is 1. The molecule has 0 aromatic heterocycles. The van der Waals surface area contributed by atoms with E-state index in [2.05, 4.69) is 37.4 Å². The van der Waals surface area contributed by atoms with E-state index in [9.17, 15) is 4.79 Å². The van der Waals surface area contributed by atoms with Crippen LogP contribution in [0.3, 0.4) is 0 Å². The first-order valence-electron chi connectivity index (χ1n) is 8.91. The summed E-state index contributed by atoms with van der Waals surface area (Å²) >= 11 is 0. The third-order valence-corrected chi connectivity index (χ3v) is 4.71. The van der Waals surface area contributed by atoms with Crippen molar-refractivity contribution in [2.24, 2.45) is 0 Å². The zero-order valence-electron chi connectivity index (χ0n) is 15.0. The van der Waals surface area contributed by atoms with Gasteiger partial charge in [-0.25, -0.2) is 0 Å². The van der Waals surface area contributed by atoms with Crippen molar-refractivity contribution in [3.05, 3.63) is 59.7 Å². The largest absolute Gasteiger partial charge is 0.484 e. The number of carbonyl (C=O) groups is 1. The lowest BCUT2D eigenvalue weighted by atomic mass is 10.0. The number of anilines is 1. The second-order valence-electron chi connectivity index (χ2n) is 6.72. The first-order valence-corrected chi connectivity index (χ1v) is 8.91. The van der Waals surface area contributed by atoms with Gasteiger partial charge in [0.25, 0.3) is 5.91 Å². The lowest BCUT2D eigenvalue weighted by Crippen LogP contribution is -2.44. The summed E-state index contributed by atoms with van der Waals surface area (Å²) in [7, 11) is 0. The Morgan fingerprint density at radius 2 is 1.84 bits per heavy atom. The Morgan fingerprint density at radius 1 is 1.12 bits per heavy atom. The maximum absolute atomic E-state index is 12.3. The van der Waals surface area contributed by atoms with Crippen molar-refractivity contribution in [3.8, 4) is 5.75 Å². The minimum absolute atomic E-state index is 0.0639. The van der Waals surface area contributed by atoms with E-state index in [0.29, 0.717) is 6.04 Å². The number of hydrogen-bond acceptors (Lipinski definition) is 3. The van der Waals surface area contributed by atoms with Gasteiger partial charge in [0.05, 0.1) is 0 Å². The summed E-state index contributed by atoms with van der Waals surface area (Å²) < 4.78 is 5.57. The van der Waals surface area contributed by atoms with E-state index in [4.69, 9.17) is 4.74 Å². The van der Waals surface area contributed by atoms with Crippen LogP contribution in [0.25, 0.3) is 0 Å². The molecule has 4 nitrogen and oxygen atoms in total. The molecule has 2 aromatic rings. The van der Waals surface area contributed by atoms with Crippen LogP contribution in [-0.2, 0) is 4.79 Å². The molecule has 1 amide bonds. The van der Waals surface area contributed by atoms with Crippen molar-refractivity contribution in [2.45, 2.75) is 32.7 Å². The lowest BCUT2D eigenvalue weighted by Gasteiger charge is -2.33. The highest BCUT2D eigenvalue weighted by Crippen LogP contribution is 2.21. The monoisotopic (exact) mass is 338 g/mol. The molecule has 1 aliphatic rings. The summed E-state index contributed by atoms with van der Waals surface area (Å²) in [4.78, 5) is 14.2. The van der Waals surface area contributed by atoms with E-state index in [1.807, 2.05) is 35.2 Å². The number of likely N-dealkylation sites (tertiary alicyclic amines) is 1. The van der Waals surface area contributed by atoms with Gasteiger partial charge in [0, 0.05) is 24.8 Å². The summed E-state index contributed by atoms with van der Waals surface area (Å²) in [6.45, 7) is 5.90. The van der Waals surface area contributed by atoms with Crippen LogP contribution in [0.15, 0.2) is 48.5 Å². The molecule has 2 aromatic carbocycles. The van der Waals surface area contributed by atoms with Crippen molar-refractivity contribution < 1.29 is 9.53 Å². The summed E-state index contributed by atoms with van der Waals surface area (Å²) in [5, 5.41) is 3.64. The summed E-state index contributed by atoms with van der Waals surface area (Å²) in [5.41, 5.74) is 3.73. The predicted molar refractivity (Wildman–Crippen MR) is 101 cm³/mol. The van der Waals surface area contributed by atoms with E-state index in [1.165, 1.54) is 16.8 Å². The zero-order chi connectivity index (χ0) is 17.6. The second-order valence-corrected chi connectivity index (χ2v) is 6.72. The van der Waals surface area contributed by atoms with Gasteiger partial charge in [-0.2, -0.15) is 0 Å². The zero-order valence-corrected chi connectivity index (χ0v) is 15.0. The van der Waals surface area contributed by atoms with Crippen LogP contribution in [0.4, 0.5) is 5.69 Å². The third kappa shape index (κ3) is 4.75. The number of amides is 1. The SMILES string of the molecule is Cc1ccc(C)c(NC2CCN(C(=O)COc3ccccc3)CC2)c1. The second kappa shape index (κ2) is 8.06. The number of hydrogen-bond donors (Lipinski definition) is 1. The lowest BCUT2D eigenvalue weighted by molar-refractivity contribution is -0.134. The molecule has 132 valence electrons. The van der Waals surface area contributed by atoms with Gasteiger partial charge in [-0.3, -0.25) is 4.79 Å². The van der Waals surface area contributed by atoms with E-state index < -0.39 is 0 Å². The van der Waals surface area contributed by atoms with Crippen molar-refractivity contribution >= 4 is 11.6 Å². The van der Waals surface area contributed by atoms with Gasteiger partial charge in [-0.05, 0) is 56.0 Å². The molecule has 1 saturated heterocycles. The molecule has 1 heterocycles. The smallest absolute Gasteiger partial charge is 0.260 e. The normalized spacial score (nSPS) is 15.0. The first-order chi connectivity index (χ1) is 12.1. The first kappa shape index (κ1) is 17.3. The number of rotatable bonds is 5. The van der Waals surface area contributed by atoms with E-state index in [-0.39, 0.29) is 12.5 Å². The van der Waals surface area contributed by atoms with Gasteiger partial charge in [-0.1, -0.05) is 30.3 Å². The number of carbonyl (C=O) groups excluding carboxylic acids is 1. The highest BCUT2D eigenvalue weighted by Gasteiger charge is 2.23. The Morgan fingerprint density at radius 3 is 2.56 bits per heavy atom. The van der Waals surface area contributed by atoms with Gasteiger partial charge in [0.15, 0.2) is 6.61 Å². The molecule has 0 spiro atoms. The average molecular weight is 338 g/mol. The molecule has 0 aliphatic carbocycles. The maximum atomic E-state index is 12.3. The van der Waals surface area contributed by atoms with Gasteiger partial charge in [0.2, 0.25) is 0 Å². The molecular weight excluding hydrogens is 312 g/mol. The fourth-order valence-corrected chi connectivity index (χ4v) is 3.14. The number of ether oxygens (including phenoxy) is 1. The van der Waals surface area contributed by atoms with Gasteiger partial charge < -0.3 is 15.0 Å². The van der Waals surface area contributed by atoms with Crippen LogP contribution in [0, 0.1) is 13.8 Å². The predicted octanol–water partition coefficient (Wildman–Crippen LogP) is 3.79. The Balaban J connectivity index is 1.46. The van der Waals surface area contributed by atoms with Gasteiger partial charge in [-0.15, -0.1) is 0 Å². The van der Waals surface area contributed by atoms with Crippen LogP contribution in [-0.4, -0.2) is 36.5 Å². The quantitative estimate of drug-likeness (QED) is 0.902. The molecular formula is C21H26N2O2. The van der Waals surface area contributed by atoms with Crippen molar-refractivity contribution in [1.29, 1.82) is 0 Å². The Labute approximate surface area is 149 Å². The highest BCUT2D eigenvalue weighted by atomic mass is 16.5. The van der Waals surface area contributed by atoms with Crippen molar-refractivity contribution in [2.75, 3.05) is 25.0 Å². The molecule has 0 bridgehead atoms. The minimum Gasteiger partial charge on any atom is -0.484 e. The third-order valence-electron chi connectivity index (χ3n) is 4.71. The van der Waals surface area contributed by atoms with Crippen LogP contribution in [0.2, 0.25) is 0 Å². The van der Waals surface area contributed by atoms with Gasteiger partial charge >= 0.3 is 0 Å². The molecule has 0 saturated carbocycles. The number of nitrogens with one attached hydrogen (secondary N) is 1. The van der Waals surface area contributed by atoms with Crippen LogP contribution >= 0.6 is 0 Å². The van der Waals surface area contributed by atoms with Crippen LogP contribution in [0.5, 0.6) is 5.75 Å². The molecule has 1 aliphatic heterocycles. The van der Waals surface area contributed by atoms with Crippen molar-refractivity contribution in [3.63, 3.8) is 0 Å². The van der Waals surface area contributed by atoms with E-state index in [0.717, 1.165) is 31.7 Å². The van der Waals surface area contributed by atoms with E-state index >= 15 is 0 Å². The fourth-order valence-electron chi connectivity index (χ4n) is 3.14. The molecule has 0 unspecified atom stereocenters. The molecule has 0 radical (unpaired) electrons. The number of piperidine rings is 1. The number of benzene rings is 2. The Hall–Kier alpha value is -2.49. The Kier molecular flexibility index (Phi) is 5.59. The minimum atomic E-state index is 0.0639. The highest BCUT2D eigenvalue weighted by molar-refractivity contribution is 5.77. The maximum Gasteiger partial charge on any atom is 0.260 e. The average Bonchev–Trinajstić information content (AvgIpc) is 2.64. The molecule has 25 heavy (non-hydrogen) atoms. The fraction of sp³-hybridized carbons (Fsp3) is 0.381. The molecule has 1 N–H and O–H groups in total. The molecule has 0 atom stereocenters. The summed E-state index contributed by atoms with van der Waals surface area (Å²) in [6.07, 6.45) is 1.93. The number of para-hydroxylation sites is 1. The number of aryl methyl sites for hydroxylation is 2. The van der Waals surface area contributed by atoms with Crippen molar-refractivity contribution in [1.82, 2.24) is 4.90 Å². The molecule has 3 rings (SSSR count). The van der Waals surface area contributed by atoms with E-state index in [1.54, 1.807) is 0 Å². The van der Waals surface area contributed by atoms with Crippen LogP contribution in [0.1, 0.15) is 24.0 Å². The molecule has 1 fully saturated rings. The van der Waals surface area contributed by atoms with Crippen LogP contribution < -0.4 is 10.1 Å². The standard InChI is InChI=1S/C21H26N2O2/c1-16-8-9-17(2)20(14-16)22-18-10-12-23(13-11-18)21(24)15-25-19-6-4-3-5-7-19/h3-9,14,18,22H,10-13,15H2,1-2H3. The summed E-state index contributed by atoms with van der Waals surface area (Å²) in [5.74, 6) is 0.802. The topological polar surface area (TPSA) is 41.6 Å². The summed E-state index contributed by atoms with van der Waals surface area (Å²) in [6, 6.07) is 16.4.